The van der Waals surface area contributed by atoms with Gasteiger partial charge in [-0.3, -0.25) is 4.79 Å². The zero-order valence-electron chi connectivity index (χ0n) is 12.2. The van der Waals surface area contributed by atoms with Gasteiger partial charge < -0.3 is 14.6 Å². The number of aryl methyl sites for hydroxylation is 1. The van der Waals surface area contributed by atoms with E-state index in [0.29, 0.717) is 6.04 Å². The van der Waals surface area contributed by atoms with Gasteiger partial charge in [0.15, 0.2) is 5.16 Å². The zero-order chi connectivity index (χ0) is 14.5. The van der Waals surface area contributed by atoms with Crippen LogP contribution in [0.3, 0.4) is 0 Å². The maximum atomic E-state index is 10.7. The van der Waals surface area contributed by atoms with Gasteiger partial charge in [0, 0.05) is 31.0 Å². The van der Waals surface area contributed by atoms with E-state index in [0.717, 1.165) is 23.9 Å². The van der Waals surface area contributed by atoms with Crippen molar-refractivity contribution >= 4 is 17.7 Å². The second kappa shape index (κ2) is 7.13. The minimum atomic E-state index is -0.801. The summed E-state index contributed by atoms with van der Waals surface area (Å²) in [6.07, 6.45) is 7.12. The number of carboxylic acids is 1. The number of thioether (sulfide) groups is 1. The van der Waals surface area contributed by atoms with Crippen LogP contribution in [0.4, 0.5) is 0 Å². The van der Waals surface area contributed by atoms with Crippen LogP contribution in [0.5, 0.6) is 0 Å². The number of imidazole rings is 1. The molecule has 1 heterocycles. The first kappa shape index (κ1) is 15.4. The van der Waals surface area contributed by atoms with E-state index in [4.69, 9.17) is 5.11 Å². The van der Waals surface area contributed by atoms with Crippen molar-refractivity contribution in [1.82, 2.24) is 14.5 Å². The van der Waals surface area contributed by atoms with E-state index < -0.39 is 5.97 Å². The number of carboxylic acid groups (broad SMARTS) is 1. The minimum Gasteiger partial charge on any atom is -0.481 e. The van der Waals surface area contributed by atoms with E-state index in [1.165, 1.54) is 37.4 Å². The largest absolute Gasteiger partial charge is 0.481 e. The number of hydrogen-bond donors (Lipinski definition) is 1. The molecule has 1 saturated carbocycles. The smallest absolute Gasteiger partial charge is 0.313 e. The van der Waals surface area contributed by atoms with E-state index in [-0.39, 0.29) is 5.75 Å². The quantitative estimate of drug-likeness (QED) is 0.782. The highest BCUT2D eigenvalue weighted by Crippen LogP contribution is 2.23. The van der Waals surface area contributed by atoms with Gasteiger partial charge in [-0.15, -0.1) is 0 Å². The fraction of sp³-hybridized carbons (Fsp3) is 0.714. The second-order valence-electron chi connectivity index (χ2n) is 5.44. The van der Waals surface area contributed by atoms with Crippen LogP contribution >= 0.6 is 11.8 Å². The van der Waals surface area contributed by atoms with Crippen LogP contribution in [0.15, 0.2) is 11.4 Å². The molecule has 1 fully saturated rings. The van der Waals surface area contributed by atoms with E-state index in [2.05, 4.69) is 21.5 Å². The van der Waals surface area contributed by atoms with Crippen LogP contribution in [-0.4, -0.2) is 50.9 Å². The third-order valence-electron chi connectivity index (χ3n) is 3.97. The van der Waals surface area contributed by atoms with Gasteiger partial charge in [-0.2, -0.15) is 0 Å². The molecular formula is C14H23N3O2S. The lowest BCUT2D eigenvalue weighted by molar-refractivity contribution is -0.133. The predicted molar refractivity (Wildman–Crippen MR) is 80.2 cm³/mol. The van der Waals surface area contributed by atoms with E-state index in [1.54, 1.807) is 0 Å². The first-order valence-electron chi connectivity index (χ1n) is 7.15. The molecule has 0 spiro atoms. The molecule has 0 radical (unpaired) electrons. The van der Waals surface area contributed by atoms with Crippen molar-refractivity contribution in [3.05, 3.63) is 11.9 Å². The minimum absolute atomic E-state index is 0.0644. The molecule has 2 rings (SSSR count). The fourth-order valence-electron chi connectivity index (χ4n) is 2.74. The number of aliphatic carboxylic acids is 1. The zero-order valence-corrected chi connectivity index (χ0v) is 13.0. The Morgan fingerprint density at radius 3 is 2.90 bits per heavy atom. The van der Waals surface area contributed by atoms with E-state index in [9.17, 15) is 4.79 Å². The number of carbonyl (C=O) groups is 1. The summed E-state index contributed by atoms with van der Waals surface area (Å²) in [6, 6.07) is 0.717. The predicted octanol–water partition coefficient (Wildman–Crippen LogP) is 2.24. The average molecular weight is 297 g/mol. The molecule has 0 aliphatic heterocycles. The molecule has 1 aromatic heterocycles. The Kier molecular flexibility index (Phi) is 5.48. The van der Waals surface area contributed by atoms with Gasteiger partial charge in [-0.25, -0.2) is 4.98 Å². The summed E-state index contributed by atoms with van der Waals surface area (Å²) in [5, 5.41) is 9.58. The lowest BCUT2D eigenvalue weighted by Crippen LogP contribution is -2.32. The molecule has 0 unspecified atom stereocenters. The number of nitrogens with zero attached hydrogens (tertiary/aromatic N) is 3. The van der Waals surface area contributed by atoms with Gasteiger partial charge in [-0.05, 0) is 26.8 Å². The summed E-state index contributed by atoms with van der Waals surface area (Å²) in [6.45, 7) is 3.89. The molecule has 1 aromatic rings. The highest BCUT2D eigenvalue weighted by Gasteiger charge is 2.19. The lowest BCUT2D eigenvalue weighted by atomic mass is 10.2. The number of hydrogen-bond acceptors (Lipinski definition) is 4. The van der Waals surface area contributed by atoms with Gasteiger partial charge in [0.05, 0.1) is 5.75 Å². The van der Waals surface area contributed by atoms with Gasteiger partial charge >= 0.3 is 5.97 Å². The molecular weight excluding hydrogens is 274 g/mol. The van der Waals surface area contributed by atoms with Crippen molar-refractivity contribution in [2.24, 2.45) is 0 Å². The lowest BCUT2D eigenvalue weighted by Gasteiger charge is -2.24. The molecule has 0 atom stereocenters. The summed E-state index contributed by atoms with van der Waals surface area (Å²) in [7, 11) is 2.19. The number of aromatic nitrogens is 2. The van der Waals surface area contributed by atoms with Crippen LogP contribution < -0.4 is 0 Å². The molecule has 0 aromatic carbocycles. The van der Waals surface area contributed by atoms with Crippen molar-refractivity contribution in [3.8, 4) is 0 Å². The Hall–Kier alpha value is -1.01. The van der Waals surface area contributed by atoms with Crippen LogP contribution in [-0.2, 0) is 11.3 Å². The van der Waals surface area contributed by atoms with Crippen molar-refractivity contribution in [2.75, 3.05) is 19.3 Å². The first-order chi connectivity index (χ1) is 9.58. The van der Waals surface area contributed by atoms with Crippen LogP contribution in [0.1, 0.15) is 31.4 Å². The Morgan fingerprint density at radius 1 is 1.55 bits per heavy atom. The molecule has 1 aliphatic rings. The molecule has 112 valence electrons. The Labute approximate surface area is 124 Å². The molecule has 6 heteroatoms. The third kappa shape index (κ3) is 3.99. The van der Waals surface area contributed by atoms with E-state index >= 15 is 0 Å². The Balaban J connectivity index is 1.90. The molecule has 0 bridgehead atoms. The molecule has 20 heavy (non-hydrogen) atoms. The summed E-state index contributed by atoms with van der Waals surface area (Å²) in [4.78, 5) is 17.4. The SMILES string of the molecule is Cc1cnc(SCC(=O)O)n1CCN(C)C1CCCC1. The van der Waals surface area contributed by atoms with Crippen LogP contribution in [0, 0.1) is 6.92 Å². The van der Waals surface area contributed by atoms with Gasteiger partial charge in [0.1, 0.15) is 0 Å². The Morgan fingerprint density at radius 2 is 2.25 bits per heavy atom. The van der Waals surface area contributed by atoms with Crippen molar-refractivity contribution in [1.29, 1.82) is 0 Å². The van der Waals surface area contributed by atoms with Crippen LogP contribution in [0.2, 0.25) is 0 Å². The molecule has 5 nitrogen and oxygen atoms in total. The summed E-state index contributed by atoms with van der Waals surface area (Å²) in [5.74, 6) is -0.736. The molecule has 1 N–H and O–H groups in total. The monoisotopic (exact) mass is 297 g/mol. The number of likely N-dealkylation sites (N-methyl/N-ethyl adjacent to an activating group) is 1. The Bertz CT molecular complexity index is 455. The number of rotatable bonds is 7. The highest BCUT2D eigenvalue weighted by molar-refractivity contribution is 7.99. The van der Waals surface area contributed by atoms with Crippen LogP contribution in [0.25, 0.3) is 0 Å². The maximum absolute atomic E-state index is 10.7. The van der Waals surface area contributed by atoms with Gasteiger partial charge in [0.25, 0.3) is 0 Å². The first-order valence-corrected chi connectivity index (χ1v) is 8.13. The summed E-state index contributed by atoms with van der Waals surface area (Å²) in [5.41, 5.74) is 1.10. The molecule has 0 amide bonds. The third-order valence-corrected chi connectivity index (χ3v) is 4.94. The average Bonchev–Trinajstić information content (AvgIpc) is 3.04. The topological polar surface area (TPSA) is 58.4 Å². The van der Waals surface area contributed by atoms with Crippen molar-refractivity contribution in [2.45, 2.75) is 50.4 Å². The normalized spacial score (nSPS) is 16.1. The van der Waals surface area contributed by atoms with Crippen molar-refractivity contribution in [3.63, 3.8) is 0 Å². The summed E-state index contributed by atoms with van der Waals surface area (Å²) >= 11 is 1.29. The standard InChI is InChI=1S/C14H23N3O2S/c1-11-9-15-14(20-10-13(18)19)17(11)8-7-16(2)12-5-3-4-6-12/h9,12H,3-8,10H2,1-2H3,(H,18,19). The van der Waals surface area contributed by atoms with E-state index in [1.807, 2.05) is 13.1 Å². The maximum Gasteiger partial charge on any atom is 0.313 e. The van der Waals surface area contributed by atoms with Crippen molar-refractivity contribution < 1.29 is 9.90 Å². The summed E-state index contributed by atoms with van der Waals surface area (Å²) < 4.78 is 2.12. The van der Waals surface area contributed by atoms with Gasteiger partial charge in [-0.1, -0.05) is 24.6 Å². The second-order valence-corrected chi connectivity index (χ2v) is 6.38. The molecule has 0 saturated heterocycles. The van der Waals surface area contributed by atoms with Gasteiger partial charge in [0.2, 0.25) is 0 Å². The fourth-order valence-corrected chi connectivity index (χ4v) is 3.51. The highest BCUT2D eigenvalue weighted by atomic mass is 32.2. The molecule has 1 aliphatic carbocycles.